The Hall–Kier alpha value is 1.08. The molecule has 0 atom stereocenters. The first kappa shape index (κ1) is 39.9. The average Bonchev–Trinajstić information content (AvgIpc) is 3.66. The zero-order valence-corrected chi connectivity index (χ0v) is 37.6. The van der Waals surface area contributed by atoms with Crippen molar-refractivity contribution in [2.75, 3.05) is 13.2 Å². The van der Waals surface area contributed by atoms with Gasteiger partial charge in [0.2, 0.25) is 0 Å². The van der Waals surface area contributed by atoms with Crippen molar-refractivity contribution in [3.8, 4) is 22.8 Å². The summed E-state index contributed by atoms with van der Waals surface area (Å²) in [4.78, 5) is 9.31. The van der Waals surface area contributed by atoms with Crippen molar-refractivity contribution in [2.45, 2.75) is 69.4 Å². The van der Waals surface area contributed by atoms with Gasteiger partial charge in [-0.1, -0.05) is 0 Å². The second-order valence-electron chi connectivity index (χ2n) is 11.4. The Bertz CT molecular complexity index is 1700. The van der Waals surface area contributed by atoms with Gasteiger partial charge in [0, 0.05) is 42.6 Å². The molecular formula is C32H30Br3F2I3MgN4O. The quantitative estimate of drug-likeness (QED) is 0.103. The fourth-order valence-corrected chi connectivity index (χ4v) is 9.02. The third kappa shape index (κ3) is 7.78. The molecule has 1 saturated heterocycles. The molecule has 7 aliphatic rings. The summed E-state index contributed by atoms with van der Waals surface area (Å²) >= 11 is 13.4. The van der Waals surface area contributed by atoms with Crippen LogP contribution in [-0.4, -0.2) is 55.4 Å². The molecule has 0 spiro atoms. The first-order valence-electron chi connectivity index (χ1n) is 14.6. The van der Waals surface area contributed by atoms with Gasteiger partial charge in [-0.15, -0.1) is 0 Å². The summed E-state index contributed by atoms with van der Waals surface area (Å²) in [6.07, 6.45) is 9.07. The largest absolute Gasteiger partial charge is 2.00 e. The maximum atomic E-state index is 13.8. The van der Waals surface area contributed by atoms with Crippen LogP contribution in [0.5, 0.6) is 0 Å². The Balaban J connectivity index is 0.000000168. The monoisotopic (exact) mass is 1170 g/mol. The fourth-order valence-electron chi connectivity index (χ4n) is 6.57. The maximum absolute atomic E-state index is 13.8. The van der Waals surface area contributed by atoms with E-state index in [1.165, 1.54) is 16.5 Å². The van der Waals surface area contributed by atoms with Crippen LogP contribution in [0.1, 0.15) is 80.5 Å². The molecule has 2 aromatic carbocycles. The average molecular weight is 1170 g/mol. The first-order valence-corrected chi connectivity index (χ1v) is 19.5. The van der Waals surface area contributed by atoms with Gasteiger partial charge >= 0.3 is 23.1 Å². The van der Waals surface area contributed by atoms with E-state index in [4.69, 9.17) is 9.72 Å². The molecule has 242 valence electrons. The molecule has 4 bridgehead atoms. The number of aromatic nitrogens is 4. The van der Waals surface area contributed by atoms with Crippen LogP contribution in [-0.2, 0) is 4.74 Å². The number of hydrogen-bond donors (Lipinski definition) is 0. The minimum absolute atomic E-state index is 0. The number of ether oxygens (including phenoxy) is 1. The summed E-state index contributed by atoms with van der Waals surface area (Å²) in [7, 11) is 0. The molecule has 0 N–H and O–H groups in total. The Labute approximate surface area is 353 Å². The number of benzene rings is 2. The van der Waals surface area contributed by atoms with Crippen LogP contribution in [0.15, 0.2) is 39.4 Å². The van der Waals surface area contributed by atoms with Gasteiger partial charge in [0.25, 0.3) is 0 Å². The molecule has 0 amide bonds. The van der Waals surface area contributed by atoms with E-state index in [1.54, 1.807) is 19.1 Å². The van der Waals surface area contributed by atoms with E-state index in [2.05, 4.69) is 127 Å². The first-order chi connectivity index (χ1) is 21.2. The molecule has 2 saturated carbocycles. The van der Waals surface area contributed by atoms with Crippen molar-refractivity contribution < 1.29 is 30.5 Å². The van der Waals surface area contributed by atoms with Crippen LogP contribution in [0.2, 0.25) is 0 Å². The zero-order valence-electron chi connectivity index (χ0n) is 25.0. The molecule has 46 heavy (non-hydrogen) atoms. The van der Waals surface area contributed by atoms with E-state index in [1.807, 2.05) is 12.1 Å². The Morgan fingerprint density at radius 1 is 0.804 bits per heavy atom. The van der Waals surface area contributed by atoms with Gasteiger partial charge in [0.1, 0.15) is 34.4 Å². The summed E-state index contributed by atoms with van der Waals surface area (Å²) in [6, 6.07) is 8.19. The third-order valence-electron chi connectivity index (χ3n) is 8.88. The molecule has 5 nitrogen and oxygen atoms in total. The van der Waals surface area contributed by atoms with Crippen LogP contribution in [0.25, 0.3) is 22.8 Å². The number of nitrogens with zero attached hydrogens (tertiary/aromatic N) is 4. The molecule has 5 aliphatic heterocycles. The molecule has 0 radical (unpaired) electrons. The van der Waals surface area contributed by atoms with Crippen molar-refractivity contribution in [1.82, 2.24) is 19.1 Å². The topological polar surface area (TPSA) is 44.9 Å². The van der Waals surface area contributed by atoms with Crippen molar-refractivity contribution in [1.29, 1.82) is 0 Å². The van der Waals surface area contributed by atoms with Crippen molar-refractivity contribution in [3.05, 3.63) is 80.2 Å². The van der Waals surface area contributed by atoms with Crippen molar-refractivity contribution >= 4 is 123 Å². The Morgan fingerprint density at radius 3 is 1.80 bits per heavy atom. The van der Waals surface area contributed by atoms with Gasteiger partial charge in [0.05, 0.1) is 8.95 Å². The van der Waals surface area contributed by atoms with E-state index in [0.29, 0.717) is 32.9 Å². The predicted molar refractivity (Wildman–Crippen MR) is 208 cm³/mol. The Morgan fingerprint density at radius 2 is 1.30 bits per heavy atom. The van der Waals surface area contributed by atoms with Crippen molar-refractivity contribution in [2.24, 2.45) is 0 Å². The summed E-state index contributed by atoms with van der Waals surface area (Å²) in [5, 5.41) is 0. The molecule has 11 rings (SSSR count). The third-order valence-corrected chi connectivity index (χ3v) is 13.4. The summed E-state index contributed by atoms with van der Waals surface area (Å²) in [5.74, 6) is 2.61. The predicted octanol–water partition coefficient (Wildman–Crippen LogP) is 7.84. The van der Waals surface area contributed by atoms with Gasteiger partial charge < -0.3 is 37.8 Å². The molecule has 7 heterocycles. The summed E-state index contributed by atoms with van der Waals surface area (Å²) in [6.45, 7) is 7.00. The van der Waals surface area contributed by atoms with Gasteiger partial charge in [-0.05, 0) is 185 Å². The van der Waals surface area contributed by atoms with Gasteiger partial charge in [-0.3, -0.25) is 0 Å². The zero-order chi connectivity index (χ0) is 31.3. The molecule has 14 heteroatoms. The van der Waals surface area contributed by atoms with Crippen LogP contribution < -0.4 is 17.0 Å². The van der Waals surface area contributed by atoms with E-state index in [-0.39, 0.29) is 51.7 Å². The smallest absolute Gasteiger partial charge is 1.00 e. The van der Waals surface area contributed by atoms with Gasteiger partial charge in [-0.2, -0.15) is 6.92 Å². The maximum Gasteiger partial charge on any atom is 2.00 e. The molecule has 3 fully saturated rings. The number of rotatable bonds is 0. The van der Waals surface area contributed by atoms with Gasteiger partial charge in [-0.25, -0.2) is 18.7 Å². The van der Waals surface area contributed by atoms with E-state index >= 15 is 0 Å². The van der Waals surface area contributed by atoms with Crippen LogP contribution in [0, 0.1) is 29.7 Å². The van der Waals surface area contributed by atoms with E-state index < -0.39 is 0 Å². The second-order valence-corrected chi connectivity index (χ2v) is 16.2. The number of halogens is 8. The number of hydrogen-bond acceptors (Lipinski definition) is 3. The molecule has 2 aliphatic carbocycles. The van der Waals surface area contributed by atoms with Gasteiger partial charge in [0.15, 0.2) is 0 Å². The number of imidazole rings is 2. The molecule has 2 aromatic heterocycles. The van der Waals surface area contributed by atoms with Crippen LogP contribution in [0.4, 0.5) is 8.78 Å². The molecular weight excluding hydrogens is 1140 g/mol. The molecule has 4 aromatic rings. The SMILES string of the molecule is C1CCOC1.Fc1cc2c(cc1Br)-c1nc(I)c(I)n1C1CC2C1.Fc1cc2c(cc1Br)-c1nc(I)cn1C1CC2C1.[Br-].[CH2-]C.[Mg+2]. The fraction of sp³-hybridized carbons (Fsp3) is 0.406. The van der Waals surface area contributed by atoms with Crippen LogP contribution >= 0.6 is 99.6 Å². The molecule has 0 unspecified atom stereocenters. The van der Waals surface area contributed by atoms with E-state index in [0.717, 1.165) is 80.2 Å². The van der Waals surface area contributed by atoms with E-state index in [9.17, 15) is 8.78 Å². The summed E-state index contributed by atoms with van der Waals surface area (Å²) < 4.78 is 41.3. The Kier molecular flexibility index (Phi) is 14.8. The second kappa shape index (κ2) is 17.1. The van der Waals surface area contributed by atoms with Crippen molar-refractivity contribution in [3.63, 3.8) is 0 Å². The normalized spacial score (nSPS) is 21.8. The van der Waals surface area contributed by atoms with Crippen LogP contribution in [0.3, 0.4) is 0 Å². The minimum Gasteiger partial charge on any atom is -1.00 e. The summed E-state index contributed by atoms with van der Waals surface area (Å²) in [5.41, 5.74) is 4.40. The minimum atomic E-state index is -0.174. The standard InChI is InChI=1S/C13H8BrFI2N2.C13H9BrFIN2.C4H8O.C2H5.BrH.Mg/c14-9-3-8-7(4-10(9)15)5-1-6(2-5)19-12(17)11(16)18-13(8)19;14-10-3-9-8(4-11(10)15)6-1-7(2-6)18-5-12(16)17-13(9)18;1-2-4-5-3-1;1-2;;/h3-6H,1-2H2;3-7H,1-2H2;1-4H2;1H2,2H3;1H;/q;;;-1;;+2/p-1.